The van der Waals surface area contributed by atoms with Crippen molar-refractivity contribution >= 4 is 53.3 Å². The number of benzene rings is 1. The first-order valence-electron chi connectivity index (χ1n) is 9.04. The minimum Gasteiger partial charge on any atom is -0.370 e. The van der Waals surface area contributed by atoms with Crippen LogP contribution in [-0.2, 0) is 4.79 Å². The molecule has 27 heavy (non-hydrogen) atoms. The van der Waals surface area contributed by atoms with E-state index in [0.717, 1.165) is 43.4 Å². The number of piperazine rings is 1. The first kappa shape index (κ1) is 22.1. The lowest BCUT2D eigenvalue weighted by Crippen LogP contribution is -2.49. The molecule has 0 radical (unpaired) electrons. The Labute approximate surface area is 181 Å². The normalized spacial score (nSPS) is 18.3. The molecule has 150 valence electrons. The van der Waals surface area contributed by atoms with Gasteiger partial charge >= 0.3 is 0 Å². The Morgan fingerprint density at radius 3 is 2.30 bits per heavy atom. The lowest BCUT2D eigenvalue weighted by molar-refractivity contribution is -0.131. The number of anilines is 1. The van der Waals surface area contributed by atoms with E-state index in [0.29, 0.717) is 32.0 Å². The van der Waals surface area contributed by atoms with E-state index in [9.17, 15) is 9.18 Å². The molecule has 2 N–H and O–H groups in total. The van der Waals surface area contributed by atoms with Gasteiger partial charge in [0, 0.05) is 62.9 Å². The minimum absolute atomic E-state index is 0. The highest BCUT2D eigenvalue weighted by Crippen LogP contribution is 2.17. The predicted octanol–water partition coefficient (Wildman–Crippen LogP) is 1.85. The zero-order chi connectivity index (χ0) is 18.4. The summed E-state index contributed by atoms with van der Waals surface area (Å²) in [6.45, 7) is 5.17. The van der Waals surface area contributed by atoms with Crippen molar-refractivity contribution in [2.45, 2.75) is 6.42 Å². The van der Waals surface area contributed by atoms with E-state index in [2.05, 4.69) is 14.8 Å². The predicted molar refractivity (Wildman–Crippen MR) is 121 cm³/mol. The molecule has 0 bridgehead atoms. The zero-order valence-electron chi connectivity index (χ0n) is 15.3. The highest BCUT2D eigenvalue weighted by atomic mass is 127. The van der Waals surface area contributed by atoms with Crippen molar-refractivity contribution in [1.29, 1.82) is 0 Å². The van der Waals surface area contributed by atoms with Crippen molar-refractivity contribution in [1.82, 2.24) is 9.80 Å². The molecule has 1 aromatic rings. The fraction of sp³-hybridized carbons (Fsp3) is 0.556. The Balaban J connectivity index is 0.00000261. The molecule has 0 aromatic heterocycles. The van der Waals surface area contributed by atoms with Crippen LogP contribution in [-0.4, -0.2) is 79.0 Å². The Morgan fingerprint density at radius 1 is 1.04 bits per heavy atom. The van der Waals surface area contributed by atoms with Crippen molar-refractivity contribution < 1.29 is 9.18 Å². The van der Waals surface area contributed by atoms with Gasteiger partial charge in [-0.1, -0.05) is 0 Å². The van der Waals surface area contributed by atoms with Crippen LogP contribution in [0, 0.1) is 5.82 Å². The van der Waals surface area contributed by atoms with Crippen molar-refractivity contribution in [2.75, 3.05) is 62.2 Å². The second-order valence-electron chi connectivity index (χ2n) is 6.43. The maximum Gasteiger partial charge on any atom is 0.224 e. The second-order valence-corrected chi connectivity index (χ2v) is 7.66. The standard InChI is InChI=1S/C18H26FN5OS.HI/c19-15-1-3-16(4-2-15)22-7-9-23(10-8-22)17(25)5-6-21-18(20)24-11-13-26-14-12-24;/h1-4H,5-14H2,(H2,20,21);1H. The average Bonchev–Trinajstić information content (AvgIpc) is 2.69. The number of rotatable bonds is 4. The first-order valence-corrected chi connectivity index (χ1v) is 10.2. The van der Waals surface area contributed by atoms with Gasteiger partial charge in [-0.2, -0.15) is 11.8 Å². The number of guanidine groups is 1. The van der Waals surface area contributed by atoms with Gasteiger partial charge in [-0.3, -0.25) is 9.79 Å². The molecule has 2 saturated heterocycles. The molecule has 0 spiro atoms. The number of halogens is 2. The molecule has 2 aliphatic heterocycles. The van der Waals surface area contributed by atoms with Crippen LogP contribution >= 0.6 is 35.7 Å². The van der Waals surface area contributed by atoms with Crippen molar-refractivity contribution in [2.24, 2.45) is 10.7 Å². The summed E-state index contributed by atoms with van der Waals surface area (Å²) in [7, 11) is 0. The van der Waals surface area contributed by atoms with Crippen LogP contribution < -0.4 is 10.6 Å². The van der Waals surface area contributed by atoms with Crippen molar-refractivity contribution in [3.05, 3.63) is 30.1 Å². The summed E-state index contributed by atoms with van der Waals surface area (Å²) in [5.41, 5.74) is 7.01. The molecule has 0 aliphatic carbocycles. The van der Waals surface area contributed by atoms with E-state index in [1.54, 1.807) is 12.1 Å². The summed E-state index contributed by atoms with van der Waals surface area (Å²) >= 11 is 1.93. The van der Waals surface area contributed by atoms with Gasteiger partial charge in [0.25, 0.3) is 0 Å². The fourth-order valence-corrected chi connectivity index (χ4v) is 4.09. The largest absolute Gasteiger partial charge is 0.370 e. The van der Waals surface area contributed by atoms with Crippen LogP contribution in [0.2, 0.25) is 0 Å². The van der Waals surface area contributed by atoms with Crippen LogP contribution in [0.4, 0.5) is 10.1 Å². The molecular weight excluding hydrogens is 480 g/mol. The molecule has 0 atom stereocenters. The number of carbonyl (C=O) groups excluding carboxylic acids is 1. The van der Waals surface area contributed by atoms with Crippen LogP contribution in [0.15, 0.2) is 29.3 Å². The zero-order valence-corrected chi connectivity index (χ0v) is 18.5. The Hall–Kier alpha value is -1.23. The Morgan fingerprint density at radius 2 is 1.67 bits per heavy atom. The van der Waals surface area contributed by atoms with Gasteiger partial charge in [0.05, 0.1) is 6.54 Å². The smallest absolute Gasteiger partial charge is 0.224 e. The summed E-state index contributed by atoms with van der Waals surface area (Å²) < 4.78 is 13.0. The minimum atomic E-state index is -0.231. The lowest BCUT2D eigenvalue weighted by atomic mass is 10.2. The molecule has 9 heteroatoms. The molecule has 1 aromatic carbocycles. The number of aliphatic imine (C=N–C) groups is 1. The number of hydrogen-bond acceptors (Lipinski definition) is 4. The quantitative estimate of drug-likeness (QED) is 0.383. The third-order valence-electron chi connectivity index (χ3n) is 4.76. The number of carbonyl (C=O) groups is 1. The summed E-state index contributed by atoms with van der Waals surface area (Å²) in [4.78, 5) is 22.9. The maximum atomic E-state index is 13.0. The summed E-state index contributed by atoms with van der Waals surface area (Å²) in [5, 5.41) is 0. The lowest BCUT2D eigenvalue weighted by Gasteiger charge is -2.36. The number of nitrogens with two attached hydrogens (primary N) is 1. The average molecular weight is 507 g/mol. The number of thioether (sulfide) groups is 1. The maximum absolute atomic E-state index is 13.0. The molecule has 3 rings (SSSR count). The van der Waals surface area contributed by atoms with E-state index < -0.39 is 0 Å². The molecular formula is C18H27FIN5OS. The van der Waals surface area contributed by atoms with E-state index in [1.165, 1.54) is 12.1 Å². The summed E-state index contributed by atoms with van der Waals surface area (Å²) in [5.74, 6) is 2.60. The van der Waals surface area contributed by atoms with E-state index >= 15 is 0 Å². The number of amides is 1. The second kappa shape index (κ2) is 10.9. The van der Waals surface area contributed by atoms with Crippen molar-refractivity contribution in [3.8, 4) is 0 Å². The van der Waals surface area contributed by atoms with Crippen LogP contribution in [0.25, 0.3) is 0 Å². The van der Waals surface area contributed by atoms with Crippen LogP contribution in [0.5, 0.6) is 0 Å². The Kier molecular flexibility index (Phi) is 8.94. The Bertz CT molecular complexity index is 631. The third kappa shape index (κ3) is 6.41. The van der Waals surface area contributed by atoms with Crippen LogP contribution in [0.3, 0.4) is 0 Å². The van der Waals surface area contributed by atoms with Gasteiger partial charge in [0.15, 0.2) is 5.96 Å². The van der Waals surface area contributed by atoms with Gasteiger partial charge in [0.2, 0.25) is 5.91 Å². The van der Waals surface area contributed by atoms with Crippen molar-refractivity contribution in [3.63, 3.8) is 0 Å². The number of nitrogens with zero attached hydrogens (tertiary/aromatic N) is 4. The summed E-state index contributed by atoms with van der Waals surface area (Å²) in [6, 6.07) is 6.50. The SMILES string of the molecule is I.NC(=NCCC(=O)N1CCN(c2ccc(F)cc2)CC1)N1CCSCC1. The first-order chi connectivity index (χ1) is 12.6. The molecule has 0 unspecified atom stereocenters. The monoisotopic (exact) mass is 507 g/mol. The van der Waals surface area contributed by atoms with Crippen LogP contribution in [0.1, 0.15) is 6.42 Å². The molecule has 2 heterocycles. The van der Waals surface area contributed by atoms with E-state index in [1.807, 2.05) is 16.7 Å². The summed E-state index contributed by atoms with van der Waals surface area (Å²) in [6.07, 6.45) is 0.389. The van der Waals surface area contributed by atoms with Gasteiger partial charge in [-0.25, -0.2) is 4.39 Å². The molecule has 6 nitrogen and oxygen atoms in total. The number of hydrogen-bond donors (Lipinski definition) is 1. The van der Waals surface area contributed by atoms with Gasteiger partial charge < -0.3 is 20.4 Å². The highest BCUT2D eigenvalue weighted by Gasteiger charge is 2.21. The molecule has 0 saturated carbocycles. The topological polar surface area (TPSA) is 65.2 Å². The van der Waals surface area contributed by atoms with Gasteiger partial charge in [-0.15, -0.1) is 24.0 Å². The molecule has 1 amide bonds. The highest BCUT2D eigenvalue weighted by molar-refractivity contribution is 14.0. The van der Waals surface area contributed by atoms with E-state index in [4.69, 9.17) is 5.73 Å². The van der Waals surface area contributed by atoms with Gasteiger partial charge in [-0.05, 0) is 24.3 Å². The molecule has 2 fully saturated rings. The third-order valence-corrected chi connectivity index (χ3v) is 5.70. The van der Waals surface area contributed by atoms with E-state index in [-0.39, 0.29) is 35.7 Å². The fourth-order valence-electron chi connectivity index (χ4n) is 3.18. The van der Waals surface area contributed by atoms with Gasteiger partial charge in [0.1, 0.15) is 5.82 Å². The molecule has 2 aliphatic rings.